The van der Waals surface area contributed by atoms with Gasteiger partial charge >= 0.3 is 6.03 Å². The van der Waals surface area contributed by atoms with E-state index < -0.39 is 5.72 Å². The lowest BCUT2D eigenvalue weighted by molar-refractivity contribution is 0.0348. The van der Waals surface area contributed by atoms with Gasteiger partial charge in [0.05, 0.1) is 18.8 Å². The summed E-state index contributed by atoms with van der Waals surface area (Å²) in [6.07, 6.45) is 0.630. The first kappa shape index (κ1) is 16.1. The van der Waals surface area contributed by atoms with E-state index in [-0.39, 0.29) is 12.1 Å². The van der Waals surface area contributed by atoms with Gasteiger partial charge in [-0.15, -0.1) is 0 Å². The molecule has 1 saturated heterocycles. The minimum Gasteiger partial charge on any atom is -0.493 e. The number of rotatable bonds is 2. The number of para-hydroxylation sites is 1. The molecule has 5 nitrogen and oxygen atoms in total. The van der Waals surface area contributed by atoms with Gasteiger partial charge in [-0.3, -0.25) is 4.90 Å². The van der Waals surface area contributed by atoms with Crippen LogP contribution in [0.25, 0.3) is 0 Å². The Morgan fingerprint density at radius 3 is 2.92 bits per heavy atom. The quantitative estimate of drug-likeness (QED) is 0.864. The second-order valence-corrected chi connectivity index (χ2v) is 7.06. The number of nitrogens with one attached hydrogen (secondary N) is 1. The van der Waals surface area contributed by atoms with Crippen LogP contribution >= 0.6 is 11.6 Å². The Hall–Kier alpha value is -2.40. The van der Waals surface area contributed by atoms with Gasteiger partial charge < -0.3 is 14.8 Å². The van der Waals surface area contributed by atoms with E-state index in [0.29, 0.717) is 22.9 Å². The van der Waals surface area contributed by atoms with Crippen molar-refractivity contribution in [2.45, 2.75) is 32.0 Å². The van der Waals surface area contributed by atoms with Crippen LogP contribution in [0.15, 0.2) is 36.4 Å². The van der Waals surface area contributed by atoms with Gasteiger partial charge in [0, 0.05) is 17.0 Å². The largest absolute Gasteiger partial charge is 0.493 e. The van der Waals surface area contributed by atoms with Gasteiger partial charge in [0.1, 0.15) is 0 Å². The van der Waals surface area contributed by atoms with Crippen LogP contribution in [-0.2, 0) is 0 Å². The first-order valence-corrected chi connectivity index (χ1v) is 8.53. The van der Waals surface area contributed by atoms with Crippen LogP contribution < -0.4 is 19.7 Å². The van der Waals surface area contributed by atoms with Gasteiger partial charge in [0.25, 0.3) is 0 Å². The third-order valence-electron chi connectivity index (χ3n) is 4.90. The van der Waals surface area contributed by atoms with Crippen LogP contribution in [-0.4, -0.2) is 18.9 Å². The summed E-state index contributed by atoms with van der Waals surface area (Å²) < 4.78 is 11.8. The fraction of sp³-hybridized carbons (Fsp3) is 0.316. The van der Waals surface area contributed by atoms with Crippen molar-refractivity contribution in [2.75, 3.05) is 12.0 Å². The van der Waals surface area contributed by atoms with Crippen LogP contribution in [0.3, 0.4) is 0 Å². The molecule has 4 rings (SSSR count). The standard InChI is InChI=1S/C19H19ClN2O3/c1-11-7-8-12(20)9-15(11)22-18(23)21-14-10-19(22,2)25-17-13(14)5-4-6-16(17)24-3/h4-9,14H,10H2,1-3H3,(H,21,23)/t14?,19-/m1/s1. The predicted octanol–water partition coefficient (Wildman–Crippen LogP) is 4.43. The molecule has 0 radical (unpaired) electrons. The number of hydrogen-bond acceptors (Lipinski definition) is 3. The number of urea groups is 1. The van der Waals surface area contributed by atoms with Crippen molar-refractivity contribution in [3.63, 3.8) is 0 Å². The molecular weight excluding hydrogens is 340 g/mol. The summed E-state index contributed by atoms with van der Waals surface area (Å²) >= 11 is 6.17. The average molecular weight is 359 g/mol. The molecule has 0 saturated carbocycles. The number of fused-ring (bicyclic) bond motifs is 4. The fourth-order valence-corrected chi connectivity index (χ4v) is 3.88. The highest BCUT2D eigenvalue weighted by Crippen LogP contribution is 2.49. The van der Waals surface area contributed by atoms with Gasteiger partial charge in [-0.1, -0.05) is 29.8 Å². The smallest absolute Gasteiger partial charge is 0.325 e. The van der Waals surface area contributed by atoms with Gasteiger partial charge in [0.15, 0.2) is 17.2 Å². The highest BCUT2D eigenvalue weighted by atomic mass is 35.5. The Labute approximate surface area is 151 Å². The van der Waals surface area contributed by atoms with Crippen LogP contribution in [0.1, 0.15) is 30.5 Å². The first-order valence-electron chi connectivity index (χ1n) is 8.16. The van der Waals surface area contributed by atoms with Crippen LogP contribution in [0.5, 0.6) is 11.5 Å². The van der Waals surface area contributed by atoms with Crippen molar-refractivity contribution in [3.8, 4) is 11.5 Å². The first-order chi connectivity index (χ1) is 11.9. The van der Waals surface area contributed by atoms with Crippen molar-refractivity contribution >= 4 is 23.3 Å². The lowest BCUT2D eigenvalue weighted by Gasteiger charge is -2.51. The molecular formula is C19H19ClN2O3. The third-order valence-corrected chi connectivity index (χ3v) is 5.13. The molecule has 2 bridgehead atoms. The van der Waals surface area contributed by atoms with Crippen LogP contribution in [0, 0.1) is 6.92 Å². The summed E-state index contributed by atoms with van der Waals surface area (Å²) in [5.41, 5.74) is 1.80. The highest BCUT2D eigenvalue weighted by molar-refractivity contribution is 6.31. The normalized spacial score (nSPS) is 24.2. The molecule has 0 spiro atoms. The van der Waals surface area contributed by atoms with Gasteiger partial charge in [-0.2, -0.15) is 0 Å². The Morgan fingerprint density at radius 2 is 2.16 bits per heavy atom. The zero-order valence-corrected chi connectivity index (χ0v) is 15.1. The number of aryl methyl sites for hydroxylation is 1. The number of carbonyl (C=O) groups excluding carboxylic acids is 1. The maximum atomic E-state index is 12.9. The van der Waals surface area contributed by atoms with E-state index in [1.54, 1.807) is 18.1 Å². The number of hydrogen-bond donors (Lipinski definition) is 1. The second kappa shape index (κ2) is 5.56. The zero-order valence-electron chi connectivity index (χ0n) is 14.3. The summed E-state index contributed by atoms with van der Waals surface area (Å²) in [4.78, 5) is 14.6. The molecule has 2 aliphatic heterocycles. The molecule has 2 aromatic rings. The Balaban J connectivity index is 1.86. The molecule has 2 amide bonds. The number of anilines is 1. The predicted molar refractivity (Wildman–Crippen MR) is 96.6 cm³/mol. The van der Waals surface area contributed by atoms with Crippen LogP contribution in [0.4, 0.5) is 10.5 Å². The van der Waals surface area contributed by atoms with E-state index >= 15 is 0 Å². The van der Waals surface area contributed by atoms with E-state index in [2.05, 4.69) is 5.32 Å². The number of carbonyl (C=O) groups is 1. The Kier molecular flexibility index (Phi) is 3.58. The molecule has 1 fully saturated rings. The molecule has 0 aromatic heterocycles. The Bertz CT molecular complexity index is 870. The van der Waals surface area contributed by atoms with E-state index in [9.17, 15) is 4.79 Å². The number of benzene rings is 2. The van der Waals surface area contributed by atoms with E-state index in [0.717, 1.165) is 16.8 Å². The summed E-state index contributed by atoms with van der Waals surface area (Å²) in [7, 11) is 1.61. The molecule has 6 heteroatoms. The summed E-state index contributed by atoms with van der Waals surface area (Å²) in [5.74, 6) is 1.33. The SMILES string of the molecule is COc1cccc2c1O[C@]1(C)CC2NC(=O)N1c1cc(Cl)ccc1C. The number of methoxy groups -OCH3 is 1. The molecule has 0 aliphatic carbocycles. The van der Waals surface area contributed by atoms with E-state index in [1.807, 2.05) is 44.2 Å². The number of nitrogens with zero attached hydrogens (tertiary/aromatic N) is 1. The summed E-state index contributed by atoms with van der Waals surface area (Å²) in [5, 5.41) is 3.66. The summed E-state index contributed by atoms with van der Waals surface area (Å²) in [6.45, 7) is 3.88. The lowest BCUT2D eigenvalue weighted by Crippen LogP contribution is -2.65. The number of amides is 2. The molecule has 2 aliphatic rings. The number of ether oxygens (including phenoxy) is 2. The highest BCUT2D eigenvalue weighted by Gasteiger charge is 2.50. The maximum absolute atomic E-state index is 12.9. The van der Waals surface area contributed by atoms with Gasteiger partial charge in [-0.25, -0.2) is 4.79 Å². The van der Waals surface area contributed by atoms with Crippen molar-refractivity contribution in [3.05, 3.63) is 52.5 Å². The van der Waals surface area contributed by atoms with Gasteiger partial charge in [0.2, 0.25) is 0 Å². The van der Waals surface area contributed by atoms with E-state index in [4.69, 9.17) is 21.1 Å². The fourth-order valence-electron chi connectivity index (χ4n) is 3.71. The molecule has 1 N–H and O–H groups in total. The molecule has 130 valence electrons. The van der Waals surface area contributed by atoms with Crippen LogP contribution in [0.2, 0.25) is 5.02 Å². The van der Waals surface area contributed by atoms with Gasteiger partial charge in [-0.05, 0) is 37.6 Å². The monoisotopic (exact) mass is 358 g/mol. The third kappa shape index (κ3) is 2.42. The Morgan fingerprint density at radius 1 is 1.36 bits per heavy atom. The van der Waals surface area contributed by atoms with Crippen molar-refractivity contribution in [1.82, 2.24) is 5.32 Å². The molecule has 25 heavy (non-hydrogen) atoms. The number of halogens is 1. The summed E-state index contributed by atoms with van der Waals surface area (Å²) in [6, 6.07) is 10.9. The minimum atomic E-state index is -0.829. The zero-order chi connectivity index (χ0) is 17.8. The van der Waals surface area contributed by atoms with Crippen molar-refractivity contribution in [2.24, 2.45) is 0 Å². The van der Waals surface area contributed by atoms with Crippen molar-refractivity contribution in [1.29, 1.82) is 0 Å². The topological polar surface area (TPSA) is 50.8 Å². The average Bonchev–Trinajstić information content (AvgIpc) is 2.57. The molecule has 1 unspecified atom stereocenters. The molecule has 2 heterocycles. The molecule has 2 aromatic carbocycles. The lowest BCUT2D eigenvalue weighted by atomic mass is 9.89. The van der Waals surface area contributed by atoms with Crippen molar-refractivity contribution < 1.29 is 14.3 Å². The second-order valence-electron chi connectivity index (χ2n) is 6.63. The minimum absolute atomic E-state index is 0.118. The van der Waals surface area contributed by atoms with E-state index in [1.165, 1.54) is 0 Å². The maximum Gasteiger partial charge on any atom is 0.325 e. The molecule has 2 atom stereocenters.